The first-order chi connectivity index (χ1) is 5.52. The van der Waals surface area contributed by atoms with Crippen molar-refractivity contribution >= 4 is 12.6 Å². The molecule has 1 saturated heterocycles. The molecule has 0 aromatic rings. The zero-order chi connectivity index (χ0) is 9.19. The summed E-state index contributed by atoms with van der Waals surface area (Å²) in [6, 6.07) is 0. The number of rotatable bonds is 2. The highest BCUT2D eigenvalue weighted by atomic mass is 32.1. The third kappa shape index (κ3) is 2.67. The van der Waals surface area contributed by atoms with Gasteiger partial charge in [0.15, 0.2) is 0 Å². The van der Waals surface area contributed by atoms with E-state index in [0.29, 0.717) is 11.8 Å². The first kappa shape index (κ1) is 10.4. The molecule has 1 aliphatic heterocycles. The van der Waals surface area contributed by atoms with Crippen LogP contribution in [0, 0.1) is 11.8 Å². The second-order valence-electron chi connectivity index (χ2n) is 4.42. The molecule has 1 rings (SSSR count). The number of ether oxygens (including phenoxy) is 1. The summed E-state index contributed by atoms with van der Waals surface area (Å²) in [6.45, 7) is 8.55. The highest BCUT2D eigenvalue weighted by Crippen LogP contribution is 2.33. The van der Waals surface area contributed by atoms with Crippen LogP contribution in [0.5, 0.6) is 0 Å². The van der Waals surface area contributed by atoms with Crippen molar-refractivity contribution in [1.29, 1.82) is 0 Å². The number of thiol groups is 1. The van der Waals surface area contributed by atoms with Crippen LogP contribution < -0.4 is 0 Å². The van der Waals surface area contributed by atoms with Gasteiger partial charge in [-0.25, -0.2) is 0 Å². The van der Waals surface area contributed by atoms with E-state index < -0.39 is 0 Å². The molecular weight excluding hydrogens is 168 g/mol. The molecule has 0 saturated carbocycles. The Morgan fingerprint density at radius 2 is 2.17 bits per heavy atom. The third-order valence-corrected chi connectivity index (χ3v) is 3.42. The van der Waals surface area contributed by atoms with Crippen LogP contribution in [-0.4, -0.2) is 18.0 Å². The molecule has 72 valence electrons. The summed E-state index contributed by atoms with van der Waals surface area (Å²) in [7, 11) is 0. The monoisotopic (exact) mass is 188 g/mol. The minimum Gasteiger partial charge on any atom is -0.381 e. The molecule has 1 aliphatic rings. The van der Waals surface area contributed by atoms with E-state index in [4.69, 9.17) is 4.74 Å². The van der Waals surface area contributed by atoms with Gasteiger partial charge in [0, 0.05) is 18.0 Å². The van der Waals surface area contributed by atoms with Gasteiger partial charge >= 0.3 is 0 Å². The van der Waals surface area contributed by atoms with Gasteiger partial charge in [-0.2, -0.15) is 12.6 Å². The van der Waals surface area contributed by atoms with Crippen molar-refractivity contribution in [2.75, 3.05) is 13.2 Å². The van der Waals surface area contributed by atoms with Crippen molar-refractivity contribution in [3.05, 3.63) is 0 Å². The van der Waals surface area contributed by atoms with Gasteiger partial charge in [0.05, 0.1) is 0 Å². The van der Waals surface area contributed by atoms with E-state index in [-0.39, 0.29) is 4.75 Å². The first-order valence-electron chi connectivity index (χ1n) is 4.82. The van der Waals surface area contributed by atoms with Crippen LogP contribution in [0.3, 0.4) is 0 Å². The van der Waals surface area contributed by atoms with Crippen LogP contribution in [-0.2, 0) is 4.74 Å². The van der Waals surface area contributed by atoms with Gasteiger partial charge < -0.3 is 4.74 Å². The highest BCUT2D eigenvalue weighted by Gasteiger charge is 2.30. The van der Waals surface area contributed by atoms with Gasteiger partial charge in [0.1, 0.15) is 0 Å². The van der Waals surface area contributed by atoms with E-state index in [1.165, 1.54) is 12.8 Å². The Morgan fingerprint density at radius 1 is 1.50 bits per heavy atom. The molecule has 1 heterocycles. The van der Waals surface area contributed by atoms with Crippen molar-refractivity contribution in [3.63, 3.8) is 0 Å². The van der Waals surface area contributed by atoms with Crippen LogP contribution >= 0.6 is 12.6 Å². The fourth-order valence-electron chi connectivity index (χ4n) is 1.74. The summed E-state index contributed by atoms with van der Waals surface area (Å²) in [6.07, 6.45) is 2.53. The second-order valence-corrected chi connectivity index (χ2v) is 5.57. The largest absolute Gasteiger partial charge is 0.381 e. The average Bonchev–Trinajstić information content (AvgIpc) is 2.03. The molecule has 0 aliphatic carbocycles. The van der Waals surface area contributed by atoms with Crippen LogP contribution in [0.2, 0.25) is 0 Å². The van der Waals surface area contributed by atoms with Crippen LogP contribution in [0.4, 0.5) is 0 Å². The summed E-state index contributed by atoms with van der Waals surface area (Å²) in [4.78, 5) is 0. The van der Waals surface area contributed by atoms with Crippen molar-refractivity contribution in [2.45, 2.75) is 38.4 Å². The lowest BCUT2D eigenvalue weighted by Gasteiger charge is -2.35. The fraction of sp³-hybridized carbons (Fsp3) is 1.00. The van der Waals surface area contributed by atoms with Gasteiger partial charge in [0.2, 0.25) is 0 Å². The van der Waals surface area contributed by atoms with E-state index in [1.54, 1.807) is 0 Å². The normalized spacial score (nSPS) is 28.5. The summed E-state index contributed by atoms with van der Waals surface area (Å²) in [5.74, 6) is 1.35. The molecule has 0 spiro atoms. The second kappa shape index (κ2) is 4.01. The van der Waals surface area contributed by atoms with Crippen molar-refractivity contribution in [1.82, 2.24) is 0 Å². The maximum atomic E-state index is 5.46. The van der Waals surface area contributed by atoms with E-state index >= 15 is 0 Å². The molecule has 0 bridgehead atoms. The van der Waals surface area contributed by atoms with Crippen LogP contribution in [0.25, 0.3) is 0 Å². The lowest BCUT2D eigenvalue weighted by molar-refractivity contribution is 0.0285. The molecule has 1 fully saturated rings. The molecule has 12 heavy (non-hydrogen) atoms. The lowest BCUT2D eigenvalue weighted by atomic mass is 9.81. The Kier molecular flexibility index (Phi) is 3.47. The Hall–Kier alpha value is 0.310. The maximum Gasteiger partial charge on any atom is 0.0497 e. The van der Waals surface area contributed by atoms with Gasteiger partial charge in [-0.05, 0) is 24.7 Å². The predicted octanol–water partition coefficient (Wildman–Crippen LogP) is 2.76. The SMILES string of the molecule is CC(C1CCCOC1)C(C)(C)S. The molecule has 1 nitrogen and oxygen atoms in total. The molecule has 2 unspecified atom stereocenters. The maximum absolute atomic E-state index is 5.46. The zero-order valence-electron chi connectivity index (χ0n) is 8.34. The van der Waals surface area contributed by atoms with E-state index in [9.17, 15) is 0 Å². The molecular formula is C10H20OS. The van der Waals surface area contributed by atoms with Crippen molar-refractivity contribution < 1.29 is 4.74 Å². The summed E-state index contributed by atoms with van der Waals surface area (Å²) in [5, 5.41) is 0. The topological polar surface area (TPSA) is 9.23 Å². The first-order valence-corrected chi connectivity index (χ1v) is 5.26. The Morgan fingerprint density at radius 3 is 2.58 bits per heavy atom. The van der Waals surface area contributed by atoms with Crippen molar-refractivity contribution in [3.8, 4) is 0 Å². The molecule has 0 N–H and O–H groups in total. The Balaban J connectivity index is 2.45. The fourth-order valence-corrected chi connectivity index (χ4v) is 1.95. The number of hydrogen-bond acceptors (Lipinski definition) is 2. The van der Waals surface area contributed by atoms with E-state index in [1.807, 2.05) is 0 Å². The van der Waals surface area contributed by atoms with E-state index in [2.05, 4.69) is 33.4 Å². The minimum absolute atomic E-state index is 0.130. The summed E-state index contributed by atoms with van der Waals surface area (Å²) < 4.78 is 5.59. The molecule has 0 amide bonds. The van der Waals surface area contributed by atoms with Gasteiger partial charge in [0.25, 0.3) is 0 Å². The Labute approximate surface area is 81.3 Å². The van der Waals surface area contributed by atoms with Crippen molar-refractivity contribution in [2.24, 2.45) is 11.8 Å². The van der Waals surface area contributed by atoms with Crippen LogP contribution in [0.15, 0.2) is 0 Å². The zero-order valence-corrected chi connectivity index (χ0v) is 9.23. The summed E-state index contributed by atoms with van der Waals surface area (Å²) in [5.41, 5.74) is 0. The Bertz CT molecular complexity index is 133. The smallest absolute Gasteiger partial charge is 0.0497 e. The molecule has 2 heteroatoms. The van der Waals surface area contributed by atoms with Crippen LogP contribution in [0.1, 0.15) is 33.6 Å². The molecule has 2 atom stereocenters. The van der Waals surface area contributed by atoms with E-state index in [0.717, 1.165) is 13.2 Å². The summed E-state index contributed by atoms with van der Waals surface area (Å²) >= 11 is 4.60. The van der Waals surface area contributed by atoms with Gasteiger partial charge in [-0.3, -0.25) is 0 Å². The predicted molar refractivity (Wildman–Crippen MR) is 55.8 cm³/mol. The molecule has 0 radical (unpaired) electrons. The van der Waals surface area contributed by atoms with Gasteiger partial charge in [-0.15, -0.1) is 0 Å². The minimum atomic E-state index is 0.130. The number of hydrogen-bond donors (Lipinski definition) is 1. The standard InChI is InChI=1S/C10H20OS/c1-8(10(2,3)12)9-5-4-6-11-7-9/h8-9,12H,4-7H2,1-3H3. The van der Waals surface area contributed by atoms with Gasteiger partial charge in [-0.1, -0.05) is 20.8 Å². The highest BCUT2D eigenvalue weighted by molar-refractivity contribution is 7.81. The molecule has 0 aromatic carbocycles. The quantitative estimate of drug-likeness (QED) is 0.656. The lowest BCUT2D eigenvalue weighted by Crippen LogP contribution is -2.34. The molecule has 0 aromatic heterocycles. The average molecular weight is 188 g/mol. The third-order valence-electron chi connectivity index (χ3n) is 3.02.